The predicted molar refractivity (Wildman–Crippen MR) is 81.7 cm³/mol. The van der Waals surface area contributed by atoms with Gasteiger partial charge in [-0.2, -0.15) is 0 Å². The van der Waals surface area contributed by atoms with Crippen molar-refractivity contribution in [3.8, 4) is 0 Å². The Hall–Kier alpha value is -0.860. The van der Waals surface area contributed by atoms with Gasteiger partial charge in [0.1, 0.15) is 0 Å². The molecule has 0 fully saturated rings. The Morgan fingerprint density at radius 2 is 1.47 bits per heavy atom. The highest BCUT2D eigenvalue weighted by Gasteiger charge is 1.90. The van der Waals surface area contributed by atoms with Crippen molar-refractivity contribution < 1.29 is 9.84 Å². The van der Waals surface area contributed by atoms with Gasteiger partial charge < -0.3 is 9.84 Å². The number of hydrogen-bond acceptors (Lipinski definition) is 2. The summed E-state index contributed by atoms with van der Waals surface area (Å²) in [7, 11) is 1.57. The zero-order valence-corrected chi connectivity index (χ0v) is 8.53. The average molecular weight is 246 g/mol. The normalized spacial score (nSPS) is 8.71. The minimum Gasteiger partial charge on any atom is -0.394 e. The molecule has 0 saturated heterocycles. The molecular weight excluding hydrogens is 212 g/mol. The Bertz CT molecular complexity index is 193. The highest BCUT2D eigenvalue weighted by Crippen LogP contribution is 1.92. The molecule has 2 heteroatoms. The van der Waals surface area contributed by atoms with Gasteiger partial charge in [0.05, 0.1) is 12.7 Å². The first-order valence-electron chi connectivity index (χ1n) is 4.36. The molecule has 0 aliphatic carbocycles. The molecule has 1 N–H and O–H groups in total. The van der Waals surface area contributed by atoms with Gasteiger partial charge >= 0.3 is 0 Å². The van der Waals surface area contributed by atoms with E-state index in [9.17, 15) is 0 Å². The molecule has 17 heavy (non-hydrogen) atoms. The van der Waals surface area contributed by atoms with E-state index < -0.39 is 0 Å². The molecule has 106 valence electrons. The van der Waals surface area contributed by atoms with Crippen LogP contribution in [-0.4, -0.2) is 24.9 Å². The first kappa shape index (κ1) is 29.8. The topological polar surface area (TPSA) is 29.5 Å². The highest BCUT2D eigenvalue weighted by molar-refractivity contribution is 5.11. The van der Waals surface area contributed by atoms with Crippen LogP contribution in [0.1, 0.15) is 42.2 Å². The van der Waals surface area contributed by atoms with Crippen LogP contribution < -0.4 is 0 Å². The molecule has 0 aromatic heterocycles. The third-order valence-corrected chi connectivity index (χ3v) is 1.60. The summed E-state index contributed by atoms with van der Waals surface area (Å²) in [5, 5.41) is 8.21. The van der Waals surface area contributed by atoms with E-state index in [1.807, 2.05) is 18.2 Å². The second kappa shape index (κ2) is 20.5. The van der Waals surface area contributed by atoms with E-state index in [4.69, 9.17) is 5.11 Å². The minimum absolute atomic E-state index is 0. The zero-order valence-electron chi connectivity index (χ0n) is 8.53. The van der Waals surface area contributed by atoms with Crippen molar-refractivity contribution in [2.45, 2.75) is 49.7 Å². The number of ether oxygens (including phenoxy) is 1. The van der Waals surface area contributed by atoms with Crippen molar-refractivity contribution >= 4 is 0 Å². The molecule has 0 radical (unpaired) electrons. The Labute approximate surface area is 110 Å². The molecule has 0 heterocycles. The third-order valence-electron chi connectivity index (χ3n) is 1.60. The molecule has 0 aliphatic rings. The molecule has 0 amide bonds. The second-order valence-corrected chi connectivity index (χ2v) is 2.88. The number of rotatable bonds is 2. The maximum atomic E-state index is 8.21. The van der Waals surface area contributed by atoms with Crippen LogP contribution in [0.4, 0.5) is 0 Å². The standard InChI is InChI=1S/C7H8.C4H10O2.4CH4/c1-7-5-3-2-4-6-7;1-4(3-5)6-2;;;;/h2-6H,1H3;4-5H,3H2,1-2H3;4*1H4. The third kappa shape index (κ3) is 21.1. The fourth-order valence-electron chi connectivity index (χ4n) is 0.609. The van der Waals surface area contributed by atoms with Crippen LogP contribution in [0, 0.1) is 6.92 Å². The van der Waals surface area contributed by atoms with Crippen LogP contribution in [0.15, 0.2) is 30.3 Å². The van der Waals surface area contributed by atoms with Gasteiger partial charge in [-0.25, -0.2) is 0 Å². The lowest BCUT2D eigenvalue weighted by atomic mass is 10.2. The lowest BCUT2D eigenvalue weighted by Crippen LogP contribution is -2.08. The molecule has 0 aliphatic heterocycles. The predicted octanol–water partition coefficient (Wildman–Crippen LogP) is 4.55. The summed E-state index contributed by atoms with van der Waals surface area (Å²) in [4.78, 5) is 0. The van der Waals surface area contributed by atoms with Gasteiger partial charge in [0.25, 0.3) is 0 Å². The van der Waals surface area contributed by atoms with Crippen LogP contribution >= 0.6 is 0 Å². The molecule has 1 atom stereocenters. The number of benzene rings is 1. The Morgan fingerprint density at radius 1 is 1.06 bits per heavy atom. The van der Waals surface area contributed by atoms with Crippen LogP contribution in [0.5, 0.6) is 0 Å². The molecule has 2 nitrogen and oxygen atoms in total. The number of hydrogen-bond donors (Lipinski definition) is 1. The Morgan fingerprint density at radius 3 is 1.59 bits per heavy atom. The van der Waals surface area contributed by atoms with E-state index in [1.165, 1.54) is 5.56 Å². The van der Waals surface area contributed by atoms with Gasteiger partial charge in [-0.15, -0.1) is 0 Å². The summed E-state index contributed by atoms with van der Waals surface area (Å²) in [5.74, 6) is 0. The van der Waals surface area contributed by atoms with Gasteiger partial charge in [0.2, 0.25) is 0 Å². The van der Waals surface area contributed by atoms with Crippen LogP contribution in [-0.2, 0) is 4.74 Å². The van der Waals surface area contributed by atoms with Crippen LogP contribution in [0.3, 0.4) is 0 Å². The highest BCUT2D eigenvalue weighted by atomic mass is 16.5. The van der Waals surface area contributed by atoms with Gasteiger partial charge in [-0.05, 0) is 13.8 Å². The van der Waals surface area contributed by atoms with Gasteiger partial charge in [0.15, 0.2) is 0 Å². The molecule has 0 spiro atoms. The summed E-state index contributed by atoms with van der Waals surface area (Å²) >= 11 is 0. The van der Waals surface area contributed by atoms with Crippen molar-refractivity contribution in [3.63, 3.8) is 0 Å². The summed E-state index contributed by atoms with van der Waals surface area (Å²) in [6.45, 7) is 4.00. The number of aliphatic hydroxyl groups is 1. The SMILES string of the molecule is C.C.C.C.COC(C)CO.Cc1ccccc1. The van der Waals surface area contributed by atoms with Gasteiger partial charge in [-0.1, -0.05) is 65.6 Å². The number of aliphatic hydroxyl groups excluding tert-OH is 1. The van der Waals surface area contributed by atoms with Gasteiger partial charge in [-0.3, -0.25) is 0 Å². The van der Waals surface area contributed by atoms with Crippen LogP contribution in [0.2, 0.25) is 0 Å². The zero-order chi connectivity index (χ0) is 10.1. The lowest BCUT2D eigenvalue weighted by Gasteiger charge is -2.00. The quantitative estimate of drug-likeness (QED) is 0.829. The van der Waals surface area contributed by atoms with E-state index in [1.54, 1.807) is 14.0 Å². The molecule has 1 aromatic rings. The second-order valence-electron chi connectivity index (χ2n) is 2.88. The maximum Gasteiger partial charge on any atom is 0.0773 e. The lowest BCUT2D eigenvalue weighted by molar-refractivity contribution is 0.0623. The van der Waals surface area contributed by atoms with Crippen LogP contribution in [0.25, 0.3) is 0 Å². The molecule has 1 rings (SSSR count). The largest absolute Gasteiger partial charge is 0.394 e. The minimum atomic E-state index is -0.00926. The fourth-order valence-corrected chi connectivity index (χ4v) is 0.609. The summed E-state index contributed by atoms with van der Waals surface area (Å²) in [6.07, 6.45) is -0.00926. The van der Waals surface area contributed by atoms with Crippen molar-refractivity contribution in [2.75, 3.05) is 13.7 Å². The van der Waals surface area contributed by atoms with Crippen molar-refractivity contribution in [1.82, 2.24) is 0 Å². The van der Waals surface area contributed by atoms with E-state index >= 15 is 0 Å². The monoisotopic (exact) mass is 246 g/mol. The smallest absolute Gasteiger partial charge is 0.0773 e. The van der Waals surface area contributed by atoms with Crippen molar-refractivity contribution in [3.05, 3.63) is 35.9 Å². The first-order valence-corrected chi connectivity index (χ1v) is 4.36. The molecule has 0 saturated carbocycles. The van der Waals surface area contributed by atoms with Crippen molar-refractivity contribution in [1.29, 1.82) is 0 Å². The summed E-state index contributed by atoms with van der Waals surface area (Å²) in [5.41, 5.74) is 1.32. The van der Waals surface area contributed by atoms with E-state index in [0.29, 0.717) is 0 Å². The Balaban J connectivity index is -0.0000000462. The van der Waals surface area contributed by atoms with E-state index in [-0.39, 0.29) is 42.4 Å². The Kier molecular flexibility index (Phi) is 36.0. The van der Waals surface area contributed by atoms with E-state index in [0.717, 1.165) is 0 Å². The first-order chi connectivity index (χ1) is 6.20. The summed E-state index contributed by atoms with van der Waals surface area (Å²) in [6, 6.07) is 10.3. The average Bonchev–Trinajstić information content (AvgIpc) is 2.19. The number of methoxy groups -OCH3 is 1. The molecule has 0 bridgehead atoms. The molecule has 1 unspecified atom stereocenters. The maximum absolute atomic E-state index is 8.21. The van der Waals surface area contributed by atoms with Gasteiger partial charge in [0, 0.05) is 7.11 Å². The van der Waals surface area contributed by atoms with E-state index in [2.05, 4.69) is 23.8 Å². The molecule has 1 aromatic carbocycles. The fraction of sp³-hybridized carbons (Fsp3) is 0.600. The summed E-state index contributed by atoms with van der Waals surface area (Å²) < 4.78 is 4.65. The van der Waals surface area contributed by atoms with Crippen molar-refractivity contribution in [2.24, 2.45) is 0 Å². The number of aryl methyl sites for hydroxylation is 1. The molecular formula is C15H34O2.